The number of rotatable bonds is 3. The van der Waals surface area contributed by atoms with E-state index in [1.165, 1.54) is 6.20 Å². The van der Waals surface area contributed by atoms with Gasteiger partial charge in [-0.2, -0.15) is 5.10 Å². The summed E-state index contributed by atoms with van der Waals surface area (Å²) in [4.78, 5) is 11.6. The normalized spacial score (nSPS) is 10.4. The molecule has 0 aliphatic rings. The summed E-state index contributed by atoms with van der Waals surface area (Å²) < 4.78 is 5.00. The number of amides is 1. The van der Waals surface area contributed by atoms with Crippen LogP contribution in [0, 0.1) is 13.8 Å². The van der Waals surface area contributed by atoms with Gasteiger partial charge in [-0.25, -0.2) is 0 Å². The van der Waals surface area contributed by atoms with E-state index in [0.717, 1.165) is 17.0 Å². The molecule has 0 bridgehead atoms. The molecule has 2 heterocycles. The van der Waals surface area contributed by atoms with Crippen LogP contribution in [0.4, 0.5) is 0 Å². The molecule has 0 spiro atoms. The van der Waals surface area contributed by atoms with Crippen LogP contribution in [-0.4, -0.2) is 21.3 Å². The van der Waals surface area contributed by atoms with Crippen LogP contribution in [-0.2, 0) is 6.54 Å². The Morgan fingerprint density at radius 2 is 2.38 bits per heavy atom. The number of hydrogen-bond donors (Lipinski definition) is 2. The maximum absolute atomic E-state index is 11.6. The van der Waals surface area contributed by atoms with E-state index in [-0.39, 0.29) is 5.91 Å². The standard InChI is InChI=1S/C10H12N4O2/c1-6-8(7(2)16-14-6)5-11-10(15)9-3-4-12-13-9/h3-4H,5H2,1-2H3,(H,11,15)(H,12,13). The highest BCUT2D eigenvalue weighted by Crippen LogP contribution is 2.11. The molecule has 2 aromatic heterocycles. The van der Waals surface area contributed by atoms with Crippen molar-refractivity contribution >= 4 is 5.91 Å². The molecule has 0 unspecified atom stereocenters. The van der Waals surface area contributed by atoms with Gasteiger partial charge in [0.05, 0.1) is 5.69 Å². The molecule has 0 saturated heterocycles. The van der Waals surface area contributed by atoms with Crippen LogP contribution in [0.25, 0.3) is 0 Å². The van der Waals surface area contributed by atoms with Crippen molar-refractivity contribution in [1.82, 2.24) is 20.7 Å². The van der Waals surface area contributed by atoms with E-state index in [4.69, 9.17) is 4.52 Å². The van der Waals surface area contributed by atoms with Crippen LogP contribution < -0.4 is 5.32 Å². The van der Waals surface area contributed by atoms with Crippen LogP contribution in [0.3, 0.4) is 0 Å². The van der Waals surface area contributed by atoms with Crippen molar-refractivity contribution in [3.63, 3.8) is 0 Å². The van der Waals surface area contributed by atoms with E-state index in [0.29, 0.717) is 12.2 Å². The molecule has 0 aliphatic carbocycles. The first kappa shape index (κ1) is 10.4. The molecule has 0 aromatic carbocycles. The Hall–Kier alpha value is -2.11. The predicted molar refractivity (Wildman–Crippen MR) is 55.7 cm³/mol. The molecule has 0 saturated carbocycles. The summed E-state index contributed by atoms with van der Waals surface area (Å²) in [6.45, 7) is 4.06. The zero-order valence-corrected chi connectivity index (χ0v) is 9.07. The SMILES string of the molecule is Cc1noc(C)c1CNC(=O)c1ccn[nH]1. The summed E-state index contributed by atoms with van der Waals surface area (Å²) in [6.07, 6.45) is 1.53. The molecule has 0 atom stereocenters. The molecule has 6 nitrogen and oxygen atoms in total. The number of aryl methyl sites for hydroxylation is 2. The van der Waals surface area contributed by atoms with Crippen molar-refractivity contribution in [2.45, 2.75) is 20.4 Å². The highest BCUT2D eigenvalue weighted by Gasteiger charge is 2.11. The minimum Gasteiger partial charge on any atom is -0.361 e. The van der Waals surface area contributed by atoms with E-state index in [9.17, 15) is 4.79 Å². The maximum atomic E-state index is 11.6. The fraction of sp³-hybridized carbons (Fsp3) is 0.300. The number of nitrogens with one attached hydrogen (secondary N) is 2. The molecule has 2 aromatic rings. The van der Waals surface area contributed by atoms with Gasteiger partial charge in [-0.3, -0.25) is 9.89 Å². The third-order valence-electron chi connectivity index (χ3n) is 2.35. The second kappa shape index (κ2) is 4.18. The summed E-state index contributed by atoms with van der Waals surface area (Å²) in [7, 11) is 0. The first-order chi connectivity index (χ1) is 7.68. The van der Waals surface area contributed by atoms with Gasteiger partial charge in [0.25, 0.3) is 5.91 Å². The Morgan fingerprint density at radius 1 is 1.56 bits per heavy atom. The Balaban J connectivity index is 2.01. The number of nitrogens with zero attached hydrogens (tertiary/aromatic N) is 2. The molecule has 2 rings (SSSR count). The van der Waals surface area contributed by atoms with Crippen molar-refractivity contribution in [3.05, 3.63) is 35.0 Å². The van der Waals surface area contributed by atoms with Gasteiger partial charge in [-0.15, -0.1) is 0 Å². The predicted octanol–water partition coefficient (Wildman–Crippen LogP) is 0.945. The van der Waals surface area contributed by atoms with E-state index >= 15 is 0 Å². The lowest BCUT2D eigenvalue weighted by molar-refractivity contribution is 0.0946. The van der Waals surface area contributed by atoms with Crippen LogP contribution in [0.1, 0.15) is 27.5 Å². The van der Waals surface area contributed by atoms with E-state index < -0.39 is 0 Å². The molecule has 1 amide bonds. The molecule has 0 radical (unpaired) electrons. The number of carbonyl (C=O) groups is 1. The average molecular weight is 220 g/mol. The van der Waals surface area contributed by atoms with Crippen molar-refractivity contribution in [2.75, 3.05) is 0 Å². The first-order valence-corrected chi connectivity index (χ1v) is 4.88. The quantitative estimate of drug-likeness (QED) is 0.806. The maximum Gasteiger partial charge on any atom is 0.269 e. The molecule has 16 heavy (non-hydrogen) atoms. The summed E-state index contributed by atoms with van der Waals surface area (Å²) in [5.41, 5.74) is 2.14. The van der Waals surface area contributed by atoms with E-state index in [1.807, 2.05) is 13.8 Å². The highest BCUT2D eigenvalue weighted by atomic mass is 16.5. The highest BCUT2D eigenvalue weighted by molar-refractivity contribution is 5.92. The number of carbonyl (C=O) groups excluding carboxylic acids is 1. The van der Waals surface area contributed by atoms with Crippen LogP contribution >= 0.6 is 0 Å². The zero-order valence-electron chi connectivity index (χ0n) is 9.07. The second-order valence-electron chi connectivity index (χ2n) is 3.46. The van der Waals surface area contributed by atoms with E-state index in [1.54, 1.807) is 6.07 Å². The van der Waals surface area contributed by atoms with Crippen molar-refractivity contribution < 1.29 is 9.32 Å². The molecule has 0 aliphatic heterocycles. The monoisotopic (exact) mass is 220 g/mol. The largest absolute Gasteiger partial charge is 0.361 e. The number of hydrogen-bond acceptors (Lipinski definition) is 4. The lowest BCUT2D eigenvalue weighted by Gasteiger charge is -2.02. The van der Waals surface area contributed by atoms with Gasteiger partial charge in [-0.1, -0.05) is 5.16 Å². The van der Waals surface area contributed by atoms with Crippen molar-refractivity contribution in [3.8, 4) is 0 Å². The third kappa shape index (κ3) is 1.95. The number of H-pyrrole nitrogens is 1. The van der Waals surface area contributed by atoms with Gasteiger partial charge in [0.1, 0.15) is 11.5 Å². The van der Waals surface area contributed by atoms with Gasteiger partial charge in [0.15, 0.2) is 0 Å². The molecule has 0 fully saturated rings. The fourth-order valence-electron chi connectivity index (χ4n) is 1.40. The lowest BCUT2D eigenvalue weighted by atomic mass is 10.2. The topological polar surface area (TPSA) is 83.8 Å². The van der Waals surface area contributed by atoms with Gasteiger partial charge in [0.2, 0.25) is 0 Å². The first-order valence-electron chi connectivity index (χ1n) is 4.88. The smallest absolute Gasteiger partial charge is 0.269 e. The average Bonchev–Trinajstić information content (AvgIpc) is 2.87. The Kier molecular flexibility index (Phi) is 2.72. The van der Waals surface area contributed by atoms with Crippen molar-refractivity contribution in [1.29, 1.82) is 0 Å². The Labute approximate surface area is 92.0 Å². The minimum atomic E-state index is -0.197. The van der Waals surface area contributed by atoms with Gasteiger partial charge in [-0.05, 0) is 19.9 Å². The minimum absolute atomic E-state index is 0.197. The van der Waals surface area contributed by atoms with Gasteiger partial charge < -0.3 is 9.84 Å². The van der Waals surface area contributed by atoms with Gasteiger partial charge >= 0.3 is 0 Å². The number of aromatic nitrogens is 3. The van der Waals surface area contributed by atoms with Crippen LogP contribution in [0.15, 0.2) is 16.8 Å². The summed E-state index contributed by atoms with van der Waals surface area (Å²) in [5.74, 6) is 0.528. The van der Waals surface area contributed by atoms with Gasteiger partial charge in [0, 0.05) is 18.3 Å². The van der Waals surface area contributed by atoms with Crippen LogP contribution in [0.5, 0.6) is 0 Å². The molecule has 84 valence electrons. The van der Waals surface area contributed by atoms with Crippen molar-refractivity contribution in [2.24, 2.45) is 0 Å². The molecule has 2 N–H and O–H groups in total. The summed E-state index contributed by atoms with van der Waals surface area (Å²) >= 11 is 0. The van der Waals surface area contributed by atoms with Crippen LogP contribution in [0.2, 0.25) is 0 Å². The molecular weight excluding hydrogens is 208 g/mol. The summed E-state index contributed by atoms with van der Waals surface area (Å²) in [5, 5.41) is 12.9. The number of aromatic amines is 1. The summed E-state index contributed by atoms with van der Waals surface area (Å²) in [6, 6.07) is 1.61. The van der Waals surface area contributed by atoms with E-state index in [2.05, 4.69) is 20.7 Å². The molecular formula is C10H12N4O2. The molecule has 6 heteroatoms. The Morgan fingerprint density at radius 3 is 2.94 bits per heavy atom. The fourth-order valence-corrected chi connectivity index (χ4v) is 1.40. The lowest BCUT2D eigenvalue weighted by Crippen LogP contribution is -2.23. The Bertz CT molecular complexity index is 467. The zero-order chi connectivity index (χ0) is 11.5. The third-order valence-corrected chi connectivity index (χ3v) is 2.35. The second-order valence-corrected chi connectivity index (χ2v) is 3.46.